The SMILES string of the molecule is Nc1cc(C(=O)N2CC[C@H](O)C2)no1. The number of anilines is 1. The summed E-state index contributed by atoms with van der Waals surface area (Å²) in [6, 6.07) is 1.38. The average molecular weight is 197 g/mol. The van der Waals surface area contributed by atoms with E-state index in [4.69, 9.17) is 5.73 Å². The number of nitrogens with two attached hydrogens (primary N) is 1. The average Bonchev–Trinajstić information content (AvgIpc) is 2.73. The number of aliphatic hydroxyl groups excluding tert-OH is 1. The lowest BCUT2D eigenvalue weighted by Gasteiger charge is -2.12. The van der Waals surface area contributed by atoms with Crippen molar-refractivity contribution >= 4 is 11.8 Å². The van der Waals surface area contributed by atoms with Gasteiger partial charge in [-0.25, -0.2) is 0 Å². The van der Waals surface area contributed by atoms with Gasteiger partial charge in [0.25, 0.3) is 5.91 Å². The summed E-state index contributed by atoms with van der Waals surface area (Å²) in [5.74, 6) is -0.130. The number of aliphatic hydroxyl groups is 1. The number of hydrogen-bond donors (Lipinski definition) is 2. The molecule has 1 saturated heterocycles. The van der Waals surface area contributed by atoms with Gasteiger partial charge in [0.05, 0.1) is 6.10 Å². The minimum absolute atomic E-state index is 0.119. The zero-order chi connectivity index (χ0) is 10.1. The van der Waals surface area contributed by atoms with Gasteiger partial charge >= 0.3 is 0 Å². The van der Waals surface area contributed by atoms with Crippen molar-refractivity contribution in [2.24, 2.45) is 0 Å². The Bertz CT molecular complexity index is 349. The van der Waals surface area contributed by atoms with Crippen LogP contribution >= 0.6 is 0 Å². The van der Waals surface area contributed by atoms with Crippen molar-refractivity contribution in [3.8, 4) is 0 Å². The molecule has 0 saturated carbocycles. The van der Waals surface area contributed by atoms with E-state index in [9.17, 15) is 9.90 Å². The molecule has 76 valence electrons. The van der Waals surface area contributed by atoms with Crippen LogP contribution in [0.1, 0.15) is 16.9 Å². The first-order valence-electron chi connectivity index (χ1n) is 4.36. The third kappa shape index (κ3) is 1.56. The molecule has 2 heterocycles. The third-order valence-corrected chi connectivity index (χ3v) is 2.20. The van der Waals surface area contributed by atoms with Gasteiger partial charge in [-0.2, -0.15) is 0 Å². The number of likely N-dealkylation sites (tertiary alicyclic amines) is 1. The van der Waals surface area contributed by atoms with E-state index in [-0.39, 0.29) is 17.5 Å². The molecule has 1 aromatic rings. The molecule has 0 bridgehead atoms. The van der Waals surface area contributed by atoms with Crippen LogP contribution in [0.2, 0.25) is 0 Å². The zero-order valence-electron chi connectivity index (χ0n) is 7.51. The first-order valence-corrected chi connectivity index (χ1v) is 4.36. The fourth-order valence-electron chi connectivity index (χ4n) is 1.48. The Hall–Kier alpha value is -1.56. The number of β-amino-alcohol motifs (C(OH)–C–C–N with tert-alkyl or cyclic N) is 1. The van der Waals surface area contributed by atoms with E-state index in [0.29, 0.717) is 19.5 Å². The predicted octanol–water partition coefficient (Wildman–Crippen LogP) is -0.536. The summed E-state index contributed by atoms with van der Waals surface area (Å²) in [7, 11) is 0. The number of carbonyl (C=O) groups excluding carboxylic acids is 1. The number of nitrogen functional groups attached to an aromatic ring is 1. The highest BCUT2D eigenvalue weighted by Gasteiger charge is 2.27. The molecule has 14 heavy (non-hydrogen) atoms. The first kappa shape index (κ1) is 9.01. The fraction of sp³-hybridized carbons (Fsp3) is 0.500. The van der Waals surface area contributed by atoms with E-state index >= 15 is 0 Å². The van der Waals surface area contributed by atoms with Gasteiger partial charge in [-0.1, -0.05) is 5.16 Å². The molecular weight excluding hydrogens is 186 g/mol. The molecule has 0 spiro atoms. The van der Waals surface area contributed by atoms with Gasteiger partial charge in [0, 0.05) is 19.2 Å². The number of carbonyl (C=O) groups is 1. The van der Waals surface area contributed by atoms with Crippen molar-refractivity contribution in [3.05, 3.63) is 11.8 Å². The molecule has 3 N–H and O–H groups in total. The van der Waals surface area contributed by atoms with Crippen LogP contribution in [0.5, 0.6) is 0 Å². The molecule has 1 amide bonds. The van der Waals surface area contributed by atoms with Gasteiger partial charge in [0.15, 0.2) is 5.69 Å². The molecule has 2 rings (SSSR count). The highest BCUT2D eigenvalue weighted by molar-refractivity contribution is 5.92. The molecule has 1 atom stereocenters. The van der Waals surface area contributed by atoms with Gasteiger partial charge in [0.2, 0.25) is 5.88 Å². The largest absolute Gasteiger partial charge is 0.391 e. The molecule has 1 aromatic heterocycles. The Morgan fingerprint density at radius 3 is 3.07 bits per heavy atom. The summed E-state index contributed by atoms with van der Waals surface area (Å²) >= 11 is 0. The van der Waals surface area contributed by atoms with Crippen LogP contribution in [-0.2, 0) is 0 Å². The van der Waals surface area contributed by atoms with E-state index in [1.54, 1.807) is 0 Å². The molecule has 1 fully saturated rings. The summed E-state index contributed by atoms with van der Waals surface area (Å²) in [6.45, 7) is 0.901. The summed E-state index contributed by atoms with van der Waals surface area (Å²) in [5.41, 5.74) is 5.48. The van der Waals surface area contributed by atoms with Crippen molar-refractivity contribution in [1.82, 2.24) is 10.1 Å². The maximum atomic E-state index is 11.6. The summed E-state index contributed by atoms with van der Waals surface area (Å²) in [4.78, 5) is 13.2. The van der Waals surface area contributed by atoms with E-state index in [0.717, 1.165) is 0 Å². The molecule has 0 aliphatic carbocycles. The van der Waals surface area contributed by atoms with Crippen LogP contribution in [0.3, 0.4) is 0 Å². The summed E-state index contributed by atoms with van der Waals surface area (Å²) in [5, 5.41) is 12.8. The Kier molecular flexibility index (Phi) is 2.12. The fourth-order valence-corrected chi connectivity index (χ4v) is 1.48. The molecule has 1 aliphatic heterocycles. The minimum atomic E-state index is -0.428. The van der Waals surface area contributed by atoms with Gasteiger partial charge in [-0.3, -0.25) is 4.79 Å². The van der Waals surface area contributed by atoms with Crippen molar-refractivity contribution in [3.63, 3.8) is 0 Å². The lowest BCUT2D eigenvalue weighted by molar-refractivity contribution is 0.0755. The van der Waals surface area contributed by atoms with Crippen LogP contribution in [0.4, 0.5) is 5.88 Å². The topological polar surface area (TPSA) is 92.6 Å². The number of hydrogen-bond acceptors (Lipinski definition) is 5. The van der Waals surface area contributed by atoms with Crippen LogP contribution in [0.25, 0.3) is 0 Å². The van der Waals surface area contributed by atoms with Gasteiger partial charge in [-0.05, 0) is 6.42 Å². The number of aromatic nitrogens is 1. The Labute approximate surface area is 80.3 Å². The lowest BCUT2D eigenvalue weighted by Crippen LogP contribution is -2.29. The molecule has 0 unspecified atom stereocenters. The number of amides is 1. The van der Waals surface area contributed by atoms with Gasteiger partial charge in [0.1, 0.15) is 0 Å². The van der Waals surface area contributed by atoms with Crippen molar-refractivity contribution < 1.29 is 14.4 Å². The second kappa shape index (κ2) is 3.30. The first-order chi connectivity index (χ1) is 6.66. The third-order valence-electron chi connectivity index (χ3n) is 2.20. The van der Waals surface area contributed by atoms with Crippen LogP contribution in [-0.4, -0.2) is 40.3 Å². The van der Waals surface area contributed by atoms with Gasteiger partial charge < -0.3 is 20.3 Å². The second-order valence-corrected chi connectivity index (χ2v) is 3.31. The molecule has 1 aliphatic rings. The van der Waals surface area contributed by atoms with Crippen molar-refractivity contribution in [1.29, 1.82) is 0 Å². The monoisotopic (exact) mass is 197 g/mol. The quantitative estimate of drug-likeness (QED) is 0.631. The molecular formula is C8H11N3O3. The highest BCUT2D eigenvalue weighted by atomic mass is 16.5. The Morgan fingerprint density at radius 2 is 2.57 bits per heavy atom. The highest BCUT2D eigenvalue weighted by Crippen LogP contribution is 2.14. The summed E-state index contributed by atoms with van der Waals surface area (Å²) in [6.07, 6.45) is 0.183. The number of nitrogens with zero attached hydrogens (tertiary/aromatic N) is 2. The van der Waals surface area contributed by atoms with Gasteiger partial charge in [-0.15, -0.1) is 0 Å². The molecule has 6 nitrogen and oxygen atoms in total. The van der Waals surface area contributed by atoms with Crippen LogP contribution < -0.4 is 5.73 Å². The molecule has 0 radical (unpaired) electrons. The van der Waals surface area contributed by atoms with E-state index in [1.807, 2.05) is 0 Å². The lowest BCUT2D eigenvalue weighted by atomic mass is 10.3. The van der Waals surface area contributed by atoms with Crippen LogP contribution in [0.15, 0.2) is 10.6 Å². The normalized spacial score (nSPS) is 21.5. The van der Waals surface area contributed by atoms with Crippen molar-refractivity contribution in [2.45, 2.75) is 12.5 Å². The maximum absolute atomic E-state index is 11.6. The minimum Gasteiger partial charge on any atom is -0.391 e. The number of rotatable bonds is 1. The standard InChI is InChI=1S/C8H11N3O3/c9-7-3-6(10-14-7)8(13)11-2-1-5(12)4-11/h3,5,12H,1-2,4,9H2/t5-/m0/s1. The predicted molar refractivity (Wildman–Crippen MR) is 47.4 cm³/mol. The van der Waals surface area contributed by atoms with E-state index in [1.165, 1.54) is 11.0 Å². The van der Waals surface area contributed by atoms with Crippen LogP contribution in [0, 0.1) is 0 Å². The Morgan fingerprint density at radius 1 is 1.79 bits per heavy atom. The Balaban J connectivity index is 2.09. The zero-order valence-corrected chi connectivity index (χ0v) is 7.51. The van der Waals surface area contributed by atoms with Crippen molar-refractivity contribution in [2.75, 3.05) is 18.8 Å². The van der Waals surface area contributed by atoms with E-state index < -0.39 is 6.10 Å². The summed E-state index contributed by atoms with van der Waals surface area (Å²) < 4.78 is 4.59. The smallest absolute Gasteiger partial charge is 0.276 e. The maximum Gasteiger partial charge on any atom is 0.276 e. The van der Waals surface area contributed by atoms with E-state index in [2.05, 4.69) is 9.68 Å². The molecule has 6 heteroatoms. The second-order valence-electron chi connectivity index (χ2n) is 3.31. The molecule has 0 aromatic carbocycles.